The van der Waals surface area contributed by atoms with Gasteiger partial charge in [0.15, 0.2) is 16.6 Å². The van der Waals surface area contributed by atoms with Crippen molar-refractivity contribution in [3.63, 3.8) is 0 Å². The molecule has 2 aliphatic rings. The largest absolute Gasteiger partial charge is 0.487 e. The van der Waals surface area contributed by atoms with Crippen LogP contribution in [0.2, 0.25) is 0 Å². The van der Waals surface area contributed by atoms with Crippen molar-refractivity contribution in [3.05, 3.63) is 0 Å². The summed E-state index contributed by atoms with van der Waals surface area (Å²) in [6.07, 6.45) is 2.65. The SMILES string of the molecule is CCOc1c(N)nsc1N1CCN2CCCC2C1. The molecular weight excluding hydrogens is 248 g/mol. The molecule has 0 saturated carbocycles. The van der Waals surface area contributed by atoms with Crippen LogP contribution in [0.25, 0.3) is 0 Å². The lowest BCUT2D eigenvalue weighted by atomic mass is 10.1. The van der Waals surface area contributed by atoms with Gasteiger partial charge in [0.2, 0.25) is 0 Å². The van der Waals surface area contributed by atoms with Crippen LogP contribution in [0, 0.1) is 0 Å². The van der Waals surface area contributed by atoms with E-state index in [4.69, 9.17) is 10.5 Å². The van der Waals surface area contributed by atoms with E-state index in [0.717, 1.165) is 30.4 Å². The average Bonchev–Trinajstić information content (AvgIpc) is 2.97. The van der Waals surface area contributed by atoms with Crippen LogP contribution in [0.4, 0.5) is 10.8 Å². The number of nitrogens with two attached hydrogens (primary N) is 1. The van der Waals surface area contributed by atoms with Gasteiger partial charge in [0, 0.05) is 25.7 Å². The Bertz CT molecular complexity index is 422. The van der Waals surface area contributed by atoms with Gasteiger partial charge in [-0.1, -0.05) is 0 Å². The average molecular weight is 268 g/mol. The summed E-state index contributed by atoms with van der Waals surface area (Å²) >= 11 is 1.46. The summed E-state index contributed by atoms with van der Waals surface area (Å²) in [7, 11) is 0. The fourth-order valence-electron chi connectivity index (χ4n) is 2.94. The molecule has 1 atom stereocenters. The Morgan fingerprint density at radius 1 is 1.44 bits per heavy atom. The summed E-state index contributed by atoms with van der Waals surface area (Å²) in [5.41, 5.74) is 5.88. The number of fused-ring (bicyclic) bond motifs is 1. The second-order valence-corrected chi connectivity index (χ2v) is 5.66. The van der Waals surface area contributed by atoms with Crippen LogP contribution in [0.1, 0.15) is 19.8 Å². The Hall–Kier alpha value is -1.01. The van der Waals surface area contributed by atoms with E-state index in [0.29, 0.717) is 18.5 Å². The summed E-state index contributed by atoms with van der Waals surface area (Å²) in [5, 5.41) is 1.11. The maximum absolute atomic E-state index is 5.88. The fraction of sp³-hybridized carbons (Fsp3) is 0.750. The molecule has 1 aromatic rings. The number of nitrogens with zero attached hydrogens (tertiary/aromatic N) is 3. The molecule has 2 fully saturated rings. The van der Waals surface area contributed by atoms with Gasteiger partial charge in [0.1, 0.15) is 0 Å². The molecular formula is C12H20N4OS. The second-order valence-electron chi connectivity index (χ2n) is 4.91. The Kier molecular flexibility index (Phi) is 3.30. The van der Waals surface area contributed by atoms with Gasteiger partial charge in [-0.25, -0.2) is 0 Å². The highest BCUT2D eigenvalue weighted by Crippen LogP contribution is 2.39. The molecule has 5 nitrogen and oxygen atoms in total. The van der Waals surface area contributed by atoms with E-state index in [9.17, 15) is 0 Å². The van der Waals surface area contributed by atoms with Crippen molar-refractivity contribution >= 4 is 22.4 Å². The highest BCUT2D eigenvalue weighted by molar-refractivity contribution is 7.11. The third kappa shape index (κ3) is 2.03. The van der Waals surface area contributed by atoms with Gasteiger partial charge >= 0.3 is 0 Å². The van der Waals surface area contributed by atoms with Crippen molar-refractivity contribution in [1.29, 1.82) is 0 Å². The number of ether oxygens (including phenoxy) is 1. The monoisotopic (exact) mass is 268 g/mol. The van der Waals surface area contributed by atoms with Gasteiger partial charge in [-0.15, -0.1) is 0 Å². The van der Waals surface area contributed by atoms with Crippen LogP contribution in [0.5, 0.6) is 5.75 Å². The number of rotatable bonds is 3. The maximum Gasteiger partial charge on any atom is 0.197 e. The van der Waals surface area contributed by atoms with Gasteiger partial charge in [0.05, 0.1) is 6.61 Å². The number of piperazine rings is 1. The van der Waals surface area contributed by atoms with Crippen LogP contribution < -0.4 is 15.4 Å². The van der Waals surface area contributed by atoms with E-state index < -0.39 is 0 Å². The number of nitrogen functional groups attached to an aromatic ring is 1. The molecule has 3 rings (SSSR count). The third-order valence-corrected chi connectivity index (χ3v) is 4.73. The standard InChI is InChI=1S/C12H20N4OS/c1-2-17-10-11(13)14-18-12(10)16-7-6-15-5-3-4-9(15)8-16/h9H,2-8H2,1H3,(H2,13,14). The minimum absolute atomic E-state index is 0.533. The van der Waals surface area contributed by atoms with Crippen LogP contribution in [-0.2, 0) is 0 Å². The lowest BCUT2D eigenvalue weighted by molar-refractivity contribution is 0.230. The van der Waals surface area contributed by atoms with Crippen LogP contribution in [0.3, 0.4) is 0 Å². The summed E-state index contributed by atoms with van der Waals surface area (Å²) in [6.45, 7) is 7.17. The van der Waals surface area contributed by atoms with E-state index in [-0.39, 0.29) is 0 Å². The predicted octanol–water partition coefficient (Wildman–Crippen LogP) is 1.41. The Balaban J connectivity index is 1.78. The van der Waals surface area contributed by atoms with Crippen molar-refractivity contribution in [3.8, 4) is 5.75 Å². The van der Waals surface area contributed by atoms with E-state index >= 15 is 0 Å². The molecule has 0 radical (unpaired) electrons. The van der Waals surface area contributed by atoms with E-state index in [1.807, 2.05) is 6.92 Å². The molecule has 0 spiro atoms. The smallest absolute Gasteiger partial charge is 0.197 e. The van der Waals surface area contributed by atoms with Crippen molar-refractivity contribution in [2.75, 3.05) is 43.4 Å². The number of hydrogen-bond acceptors (Lipinski definition) is 6. The highest BCUT2D eigenvalue weighted by atomic mass is 32.1. The summed E-state index contributed by atoms with van der Waals surface area (Å²) in [4.78, 5) is 4.99. The van der Waals surface area contributed by atoms with E-state index in [1.165, 1.54) is 30.9 Å². The third-order valence-electron chi connectivity index (χ3n) is 3.82. The molecule has 0 bridgehead atoms. The first-order chi connectivity index (χ1) is 8.79. The number of anilines is 2. The second kappa shape index (κ2) is 4.93. The van der Waals surface area contributed by atoms with E-state index in [1.54, 1.807) is 0 Å². The molecule has 3 heterocycles. The molecule has 0 aromatic carbocycles. The van der Waals surface area contributed by atoms with Gasteiger partial charge in [-0.3, -0.25) is 4.90 Å². The van der Waals surface area contributed by atoms with Crippen molar-refractivity contribution < 1.29 is 4.74 Å². The van der Waals surface area contributed by atoms with Gasteiger partial charge in [-0.2, -0.15) is 4.37 Å². The molecule has 0 amide bonds. The summed E-state index contributed by atoms with van der Waals surface area (Å²) < 4.78 is 9.88. The Labute approximate surface area is 112 Å². The summed E-state index contributed by atoms with van der Waals surface area (Å²) in [6, 6.07) is 0.705. The van der Waals surface area contributed by atoms with Crippen molar-refractivity contribution in [2.24, 2.45) is 0 Å². The van der Waals surface area contributed by atoms with Gasteiger partial charge in [-0.05, 0) is 37.8 Å². The molecule has 2 aliphatic heterocycles. The lowest BCUT2D eigenvalue weighted by Crippen LogP contribution is -2.50. The molecule has 18 heavy (non-hydrogen) atoms. The normalized spacial score (nSPS) is 24.3. The molecule has 2 N–H and O–H groups in total. The zero-order chi connectivity index (χ0) is 12.5. The van der Waals surface area contributed by atoms with Crippen LogP contribution >= 0.6 is 11.5 Å². The lowest BCUT2D eigenvalue weighted by Gasteiger charge is -2.38. The van der Waals surface area contributed by atoms with Gasteiger partial charge < -0.3 is 15.4 Å². The molecule has 6 heteroatoms. The Morgan fingerprint density at radius 3 is 3.17 bits per heavy atom. The zero-order valence-corrected chi connectivity index (χ0v) is 11.6. The Morgan fingerprint density at radius 2 is 2.33 bits per heavy atom. The van der Waals surface area contributed by atoms with Crippen LogP contribution in [0.15, 0.2) is 0 Å². The highest BCUT2D eigenvalue weighted by Gasteiger charge is 2.32. The molecule has 100 valence electrons. The first-order valence-electron chi connectivity index (χ1n) is 6.66. The predicted molar refractivity (Wildman–Crippen MR) is 74.5 cm³/mol. The maximum atomic E-state index is 5.88. The molecule has 1 aromatic heterocycles. The quantitative estimate of drug-likeness (QED) is 0.898. The molecule has 0 aliphatic carbocycles. The first-order valence-corrected chi connectivity index (χ1v) is 7.44. The van der Waals surface area contributed by atoms with Crippen molar-refractivity contribution in [2.45, 2.75) is 25.8 Å². The summed E-state index contributed by atoms with van der Waals surface area (Å²) in [5.74, 6) is 1.32. The van der Waals surface area contributed by atoms with Crippen LogP contribution in [-0.4, -0.2) is 48.1 Å². The molecule has 2 saturated heterocycles. The van der Waals surface area contributed by atoms with E-state index in [2.05, 4.69) is 14.2 Å². The number of hydrogen-bond donors (Lipinski definition) is 1. The minimum Gasteiger partial charge on any atom is -0.487 e. The minimum atomic E-state index is 0.533. The fourth-order valence-corrected chi connectivity index (χ4v) is 3.74. The topological polar surface area (TPSA) is 54.6 Å². The van der Waals surface area contributed by atoms with Gasteiger partial charge in [0.25, 0.3) is 0 Å². The molecule has 1 unspecified atom stereocenters. The first kappa shape index (κ1) is 12.0. The van der Waals surface area contributed by atoms with Crippen molar-refractivity contribution in [1.82, 2.24) is 9.27 Å². The number of aromatic nitrogens is 1. The zero-order valence-electron chi connectivity index (χ0n) is 10.8.